The van der Waals surface area contributed by atoms with E-state index in [9.17, 15) is 0 Å². The highest BCUT2D eigenvalue weighted by molar-refractivity contribution is 9.10. The number of hydrogen-bond acceptors (Lipinski definition) is 2. The van der Waals surface area contributed by atoms with Gasteiger partial charge in [-0.15, -0.1) is 11.8 Å². The van der Waals surface area contributed by atoms with Crippen LogP contribution in [0.15, 0.2) is 33.6 Å². The molecular weight excluding hydrogens is 282 g/mol. The Bertz CT molecular complexity index is 286. The van der Waals surface area contributed by atoms with E-state index in [0.29, 0.717) is 6.04 Å². The molecule has 0 fully saturated rings. The van der Waals surface area contributed by atoms with Gasteiger partial charge in [0, 0.05) is 21.2 Å². The van der Waals surface area contributed by atoms with Crippen LogP contribution < -0.4 is 5.32 Å². The van der Waals surface area contributed by atoms with E-state index < -0.39 is 0 Å². The first-order chi connectivity index (χ1) is 7.76. The van der Waals surface area contributed by atoms with Gasteiger partial charge < -0.3 is 5.32 Å². The van der Waals surface area contributed by atoms with E-state index in [1.807, 2.05) is 11.8 Å². The van der Waals surface area contributed by atoms with Crippen LogP contribution in [0.2, 0.25) is 0 Å². The van der Waals surface area contributed by atoms with Gasteiger partial charge in [-0.3, -0.25) is 0 Å². The van der Waals surface area contributed by atoms with E-state index >= 15 is 0 Å². The molecule has 0 radical (unpaired) electrons. The summed E-state index contributed by atoms with van der Waals surface area (Å²) in [5.41, 5.74) is 0. The Balaban J connectivity index is 2.34. The minimum Gasteiger partial charge on any atom is -0.313 e. The fourth-order valence-electron chi connectivity index (χ4n) is 1.40. The zero-order chi connectivity index (χ0) is 11.8. The van der Waals surface area contributed by atoms with Gasteiger partial charge in [-0.2, -0.15) is 0 Å². The Morgan fingerprint density at radius 1 is 1.25 bits per heavy atom. The van der Waals surface area contributed by atoms with Gasteiger partial charge in [-0.25, -0.2) is 0 Å². The minimum atomic E-state index is 0.633. The van der Waals surface area contributed by atoms with Crippen molar-refractivity contribution >= 4 is 27.7 Å². The first-order valence-corrected chi connectivity index (χ1v) is 7.65. The molecule has 16 heavy (non-hydrogen) atoms. The number of halogens is 1. The topological polar surface area (TPSA) is 12.0 Å². The predicted molar refractivity (Wildman–Crippen MR) is 77.2 cm³/mol. The van der Waals surface area contributed by atoms with Crippen LogP contribution in [0, 0.1) is 0 Å². The van der Waals surface area contributed by atoms with Gasteiger partial charge in [0.15, 0.2) is 0 Å². The molecule has 90 valence electrons. The van der Waals surface area contributed by atoms with E-state index in [1.165, 1.54) is 17.7 Å². The van der Waals surface area contributed by atoms with E-state index in [1.54, 1.807) is 0 Å². The van der Waals surface area contributed by atoms with Crippen LogP contribution in [0.1, 0.15) is 26.7 Å². The molecule has 0 spiro atoms. The third-order valence-electron chi connectivity index (χ3n) is 2.44. The van der Waals surface area contributed by atoms with Crippen molar-refractivity contribution in [1.82, 2.24) is 5.32 Å². The molecule has 1 aromatic rings. The highest BCUT2D eigenvalue weighted by atomic mass is 79.9. The monoisotopic (exact) mass is 301 g/mol. The summed E-state index contributed by atoms with van der Waals surface area (Å²) in [7, 11) is 0. The van der Waals surface area contributed by atoms with Crippen molar-refractivity contribution in [1.29, 1.82) is 0 Å². The van der Waals surface area contributed by atoms with Gasteiger partial charge in [0.05, 0.1) is 0 Å². The molecule has 3 heteroatoms. The van der Waals surface area contributed by atoms with Crippen molar-refractivity contribution in [3.8, 4) is 0 Å². The fraction of sp³-hybridized carbons (Fsp3) is 0.538. The molecule has 1 unspecified atom stereocenters. The van der Waals surface area contributed by atoms with Crippen molar-refractivity contribution in [2.45, 2.75) is 37.6 Å². The molecule has 0 aromatic heterocycles. The molecule has 1 nitrogen and oxygen atoms in total. The van der Waals surface area contributed by atoms with Crippen molar-refractivity contribution in [2.75, 3.05) is 12.3 Å². The largest absolute Gasteiger partial charge is 0.313 e. The van der Waals surface area contributed by atoms with Crippen LogP contribution in [0.25, 0.3) is 0 Å². The number of benzene rings is 1. The third-order valence-corrected chi connectivity index (χ3v) is 4.14. The molecule has 1 atom stereocenters. The summed E-state index contributed by atoms with van der Waals surface area (Å²) in [6.45, 7) is 5.58. The predicted octanol–water partition coefficient (Wildman–Crippen LogP) is 4.32. The van der Waals surface area contributed by atoms with Crippen LogP contribution in [0.4, 0.5) is 0 Å². The van der Waals surface area contributed by atoms with Crippen LogP contribution in [0.3, 0.4) is 0 Å². The smallest absolute Gasteiger partial charge is 0.0176 e. The number of thioether (sulfide) groups is 1. The van der Waals surface area contributed by atoms with Crippen LogP contribution in [-0.2, 0) is 0 Å². The van der Waals surface area contributed by atoms with Crippen LogP contribution in [0.5, 0.6) is 0 Å². The normalized spacial score (nSPS) is 12.7. The van der Waals surface area contributed by atoms with Crippen LogP contribution in [-0.4, -0.2) is 18.3 Å². The van der Waals surface area contributed by atoms with Crippen molar-refractivity contribution < 1.29 is 0 Å². The Kier molecular flexibility index (Phi) is 7.17. The SMILES string of the molecule is CCCNC(CC)CSc1ccc(Br)cc1. The van der Waals surface area contributed by atoms with E-state index in [2.05, 4.69) is 59.4 Å². The lowest BCUT2D eigenvalue weighted by molar-refractivity contribution is 0.539. The van der Waals surface area contributed by atoms with Crippen molar-refractivity contribution in [2.24, 2.45) is 0 Å². The Labute approximate surface area is 112 Å². The maximum atomic E-state index is 3.57. The van der Waals surface area contributed by atoms with Gasteiger partial charge in [0.25, 0.3) is 0 Å². The van der Waals surface area contributed by atoms with Gasteiger partial charge in [-0.05, 0) is 43.7 Å². The highest BCUT2D eigenvalue weighted by Gasteiger charge is 2.05. The zero-order valence-corrected chi connectivity index (χ0v) is 12.4. The van der Waals surface area contributed by atoms with Crippen LogP contribution >= 0.6 is 27.7 Å². The summed E-state index contributed by atoms with van der Waals surface area (Å²) in [5, 5.41) is 3.57. The average Bonchev–Trinajstić information content (AvgIpc) is 2.32. The number of nitrogens with one attached hydrogen (secondary N) is 1. The summed E-state index contributed by atoms with van der Waals surface area (Å²) in [4.78, 5) is 1.35. The van der Waals surface area contributed by atoms with Crippen molar-refractivity contribution in [3.63, 3.8) is 0 Å². The molecule has 0 aliphatic rings. The quantitative estimate of drug-likeness (QED) is 0.753. The summed E-state index contributed by atoms with van der Waals surface area (Å²) in [6, 6.07) is 9.17. The lowest BCUT2D eigenvalue weighted by atomic mass is 10.2. The highest BCUT2D eigenvalue weighted by Crippen LogP contribution is 2.21. The third kappa shape index (κ3) is 5.37. The van der Waals surface area contributed by atoms with Crippen molar-refractivity contribution in [3.05, 3.63) is 28.7 Å². The first-order valence-electron chi connectivity index (χ1n) is 5.88. The van der Waals surface area contributed by atoms with Gasteiger partial charge in [0.1, 0.15) is 0 Å². The molecular formula is C13H20BrNS. The van der Waals surface area contributed by atoms with Gasteiger partial charge in [0.2, 0.25) is 0 Å². The molecule has 0 bridgehead atoms. The average molecular weight is 302 g/mol. The van der Waals surface area contributed by atoms with E-state index in [4.69, 9.17) is 0 Å². The molecule has 0 saturated heterocycles. The summed E-state index contributed by atoms with van der Waals surface area (Å²) in [5.74, 6) is 1.15. The molecule has 1 rings (SSSR count). The molecule has 0 aliphatic heterocycles. The Morgan fingerprint density at radius 3 is 2.50 bits per heavy atom. The molecule has 1 aromatic carbocycles. The van der Waals surface area contributed by atoms with Gasteiger partial charge >= 0.3 is 0 Å². The molecule has 0 aliphatic carbocycles. The molecule has 1 N–H and O–H groups in total. The summed E-state index contributed by atoms with van der Waals surface area (Å²) < 4.78 is 1.15. The standard InChI is InChI=1S/C13H20BrNS/c1-3-9-15-12(4-2)10-16-13-7-5-11(14)6-8-13/h5-8,12,15H,3-4,9-10H2,1-2H3. The van der Waals surface area contributed by atoms with Gasteiger partial charge in [-0.1, -0.05) is 29.8 Å². The second-order valence-electron chi connectivity index (χ2n) is 3.82. The lowest BCUT2D eigenvalue weighted by Gasteiger charge is -2.15. The molecule has 0 amide bonds. The fourth-order valence-corrected chi connectivity index (χ4v) is 2.74. The van der Waals surface area contributed by atoms with E-state index in [-0.39, 0.29) is 0 Å². The first kappa shape index (κ1) is 14.1. The maximum absolute atomic E-state index is 3.57. The summed E-state index contributed by atoms with van der Waals surface area (Å²) in [6.07, 6.45) is 2.41. The summed E-state index contributed by atoms with van der Waals surface area (Å²) >= 11 is 5.38. The lowest BCUT2D eigenvalue weighted by Crippen LogP contribution is -2.31. The molecule has 0 heterocycles. The number of rotatable bonds is 7. The molecule has 0 saturated carbocycles. The second-order valence-corrected chi connectivity index (χ2v) is 5.83. The Hall–Kier alpha value is 0.01000. The number of hydrogen-bond donors (Lipinski definition) is 1. The minimum absolute atomic E-state index is 0.633. The zero-order valence-electron chi connectivity index (χ0n) is 10.0. The Morgan fingerprint density at radius 2 is 1.94 bits per heavy atom. The van der Waals surface area contributed by atoms with E-state index in [0.717, 1.165) is 16.8 Å². The maximum Gasteiger partial charge on any atom is 0.0176 e. The second kappa shape index (κ2) is 8.15.